The van der Waals surface area contributed by atoms with Crippen LogP contribution in [0.15, 0.2) is 18.2 Å². The monoisotopic (exact) mass is 299 g/mol. The lowest BCUT2D eigenvalue weighted by Gasteiger charge is -2.51. The number of halogens is 2. The molecule has 3 fully saturated rings. The Morgan fingerprint density at radius 2 is 1.84 bits per heavy atom. The van der Waals surface area contributed by atoms with E-state index in [0.29, 0.717) is 22.9 Å². The first kappa shape index (κ1) is 13.2. The van der Waals surface area contributed by atoms with Crippen molar-refractivity contribution in [2.75, 3.05) is 19.6 Å². The number of carboxylic acid groups (broad SMARTS) is 1. The number of nitrogens with zero attached hydrogens (tertiary/aromatic N) is 1. The topological polar surface area (TPSA) is 40.5 Å². The molecule has 3 aliphatic heterocycles. The molecule has 4 rings (SSSR count). The van der Waals surface area contributed by atoms with Crippen molar-refractivity contribution in [3.8, 4) is 0 Å². The zero-order chi connectivity index (χ0) is 13.6. The van der Waals surface area contributed by atoms with Crippen molar-refractivity contribution < 1.29 is 9.90 Å². The second-order valence-electron chi connectivity index (χ2n) is 5.45. The molecule has 1 aromatic rings. The van der Waals surface area contributed by atoms with Gasteiger partial charge in [-0.3, -0.25) is 4.79 Å². The molecule has 3 saturated heterocycles. The lowest BCUT2D eigenvalue weighted by atomic mass is 9.62. The Labute approximate surface area is 122 Å². The van der Waals surface area contributed by atoms with E-state index in [1.807, 2.05) is 0 Å². The third-order valence-corrected chi connectivity index (χ3v) is 5.29. The van der Waals surface area contributed by atoms with Gasteiger partial charge in [0, 0.05) is 22.5 Å². The zero-order valence-corrected chi connectivity index (χ0v) is 11.9. The van der Waals surface area contributed by atoms with Gasteiger partial charge >= 0.3 is 5.97 Å². The Kier molecular flexibility index (Phi) is 3.24. The van der Waals surface area contributed by atoms with Crippen LogP contribution < -0.4 is 0 Å². The number of aliphatic carboxylic acids is 1. The van der Waals surface area contributed by atoms with Gasteiger partial charge in [0.2, 0.25) is 0 Å². The van der Waals surface area contributed by atoms with Crippen molar-refractivity contribution in [2.45, 2.75) is 18.8 Å². The maximum Gasteiger partial charge on any atom is 0.310 e. The van der Waals surface area contributed by atoms with Crippen LogP contribution in [0.2, 0.25) is 10.0 Å². The summed E-state index contributed by atoms with van der Waals surface area (Å²) < 4.78 is 0. The van der Waals surface area contributed by atoms with Gasteiger partial charge in [0.1, 0.15) is 0 Å². The highest BCUT2D eigenvalue weighted by atomic mass is 35.5. The number of fused-ring (bicyclic) bond motifs is 3. The molecular weight excluding hydrogens is 285 g/mol. The summed E-state index contributed by atoms with van der Waals surface area (Å²) in [5, 5.41) is 10.9. The molecule has 0 saturated carbocycles. The molecule has 1 unspecified atom stereocenters. The van der Waals surface area contributed by atoms with Gasteiger partial charge < -0.3 is 10.0 Å². The van der Waals surface area contributed by atoms with Gasteiger partial charge in [-0.05, 0) is 43.6 Å². The van der Waals surface area contributed by atoms with Crippen molar-refractivity contribution in [3.05, 3.63) is 33.8 Å². The van der Waals surface area contributed by atoms with Gasteiger partial charge in [0.15, 0.2) is 0 Å². The molecule has 1 atom stereocenters. The lowest BCUT2D eigenvalue weighted by Crippen LogP contribution is -2.56. The first-order valence-corrected chi connectivity index (χ1v) is 7.20. The number of benzene rings is 1. The van der Waals surface area contributed by atoms with Crippen LogP contribution in [0.25, 0.3) is 0 Å². The van der Waals surface area contributed by atoms with Crippen LogP contribution >= 0.6 is 23.2 Å². The minimum atomic E-state index is -0.715. The quantitative estimate of drug-likeness (QED) is 0.911. The fraction of sp³-hybridized carbons (Fsp3) is 0.500. The average Bonchev–Trinajstić information content (AvgIpc) is 2.40. The molecule has 0 radical (unpaired) electrons. The summed E-state index contributed by atoms with van der Waals surface area (Å²) in [6, 6.07) is 5.37. The summed E-state index contributed by atoms with van der Waals surface area (Å²) in [5.74, 6) is -0.832. The van der Waals surface area contributed by atoms with Crippen LogP contribution in [0.5, 0.6) is 0 Å². The Morgan fingerprint density at radius 3 is 2.37 bits per heavy atom. The van der Waals surface area contributed by atoms with Crippen molar-refractivity contribution >= 4 is 29.2 Å². The van der Waals surface area contributed by atoms with Crippen molar-refractivity contribution in [1.82, 2.24) is 4.90 Å². The average molecular weight is 300 g/mol. The molecule has 0 spiro atoms. The van der Waals surface area contributed by atoms with Gasteiger partial charge in [0.25, 0.3) is 0 Å². The molecule has 2 bridgehead atoms. The highest BCUT2D eigenvalue weighted by Gasteiger charge is 2.53. The molecule has 3 aliphatic rings. The molecule has 0 aromatic heterocycles. The zero-order valence-electron chi connectivity index (χ0n) is 10.4. The number of carbonyl (C=O) groups is 1. The first-order chi connectivity index (χ1) is 9.04. The molecule has 3 nitrogen and oxygen atoms in total. The number of piperidine rings is 3. The Morgan fingerprint density at radius 1 is 1.26 bits per heavy atom. The molecular formula is C14H15Cl2NO2. The summed E-state index contributed by atoms with van der Waals surface area (Å²) in [6.07, 6.45) is 1.35. The summed E-state index contributed by atoms with van der Waals surface area (Å²) in [5.41, 5.74) is 0.0984. The third kappa shape index (κ3) is 1.95. The number of hydrogen-bond acceptors (Lipinski definition) is 2. The smallest absolute Gasteiger partial charge is 0.310 e. The minimum absolute atomic E-state index is 0.117. The van der Waals surface area contributed by atoms with E-state index in [2.05, 4.69) is 4.90 Å². The maximum atomic E-state index is 11.8. The SMILES string of the molecule is O=C(O)C12CCN(CC1)CC2c1c(Cl)cccc1Cl. The molecule has 102 valence electrons. The Balaban J connectivity index is 2.11. The highest BCUT2D eigenvalue weighted by molar-refractivity contribution is 6.36. The summed E-state index contributed by atoms with van der Waals surface area (Å²) in [6.45, 7) is 2.44. The molecule has 5 heteroatoms. The van der Waals surface area contributed by atoms with Gasteiger partial charge in [-0.25, -0.2) is 0 Å². The lowest BCUT2D eigenvalue weighted by molar-refractivity contribution is -0.159. The second-order valence-corrected chi connectivity index (χ2v) is 6.26. The van der Waals surface area contributed by atoms with Crippen LogP contribution in [0.3, 0.4) is 0 Å². The summed E-state index contributed by atoms with van der Waals surface area (Å²) in [7, 11) is 0. The van der Waals surface area contributed by atoms with Crippen molar-refractivity contribution in [3.63, 3.8) is 0 Å². The second kappa shape index (κ2) is 4.65. The number of carboxylic acids is 1. The predicted octanol–water partition coefficient (Wildman–Crippen LogP) is 3.26. The van der Waals surface area contributed by atoms with E-state index >= 15 is 0 Å². The maximum absolute atomic E-state index is 11.8. The van der Waals surface area contributed by atoms with Crippen molar-refractivity contribution in [1.29, 1.82) is 0 Å². The van der Waals surface area contributed by atoms with E-state index in [1.165, 1.54) is 0 Å². The fourth-order valence-corrected chi connectivity index (χ4v) is 4.15. The van der Waals surface area contributed by atoms with Gasteiger partial charge in [-0.2, -0.15) is 0 Å². The Hall–Kier alpha value is -0.770. The van der Waals surface area contributed by atoms with E-state index in [1.54, 1.807) is 18.2 Å². The van der Waals surface area contributed by atoms with E-state index in [9.17, 15) is 9.90 Å². The van der Waals surface area contributed by atoms with Crippen molar-refractivity contribution in [2.24, 2.45) is 5.41 Å². The van der Waals surface area contributed by atoms with Crippen LogP contribution in [-0.2, 0) is 4.79 Å². The molecule has 0 amide bonds. The van der Waals surface area contributed by atoms with Crippen LogP contribution in [0.1, 0.15) is 24.3 Å². The van der Waals surface area contributed by atoms with Gasteiger partial charge in [0.05, 0.1) is 5.41 Å². The summed E-state index contributed by atoms with van der Waals surface area (Å²) in [4.78, 5) is 14.1. The largest absolute Gasteiger partial charge is 0.481 e. The normalized spacial score (nSPS) is 33.4. The van der Waals surface area contributed by atoms with Crippen LogP contribution in [0, 0.1) is 5.41 Å². The minimum Gasteiger partial charge on any atom is -0.481 e. The standard InChI is InChI=1S/C14H15Cl2NO2/c15-10-2-1-3-11(16)12(10)9-8-17-6-4-14(9,5-7-17)13(18)19/h1-3,9H,4-8H2,(H,18,19). The highest BCUT2D eigenvalue weighted by Crippen LogP contribution is 2.52. The van der Waals surface area contributed by atoms with Gasteiger partial charge in [-0.1, -0.05) is 29.3 Å². The third-order valence-electron chi connectivity index (χ3n) is 4.63. The van der Waals surface area contributed by atoms with E-state index in [4.69, 9.17) is 23.2 Å². The van der Waals surface area contributed by atoms with E-state index < -0.39 is 11.4 Å². The molecule has 1 aromatic carbocycles. The molecule has 3 heterocycles. The van der Waals surface area contributed by atoms with E-state index in [-0.39, 0.29) is 5.92 Å². The fourth-order valence-electron chi connectivity index (χ4n) is 3.49. The number of hydrogen-bond donors (Lipinski definition) is 1. The van der Waals surface area contributed by atoms with E-state index in [0.717, 1.165) is 25.2 Å². The first-order valence-electron chi connectivity index (χ1n) is 6.44. The molecule has 19 heavy (non-hydrogen) atoms. The Bertz CT molecular complexity index is 504. The number of rotatable bonds is 2. The van der Waals surface area contributed by atoms with Gasteiger partial charge in [-0.15, -0.1) is 0 Å². The summed E-state index contributed by atoms with van der Waals surface area (Å²) >= 11 is 12.5. The molecule has 1 N–H and O–H groups in total. The molecule has 0 aliphatic carbocycles. The van der Waals surface area contributed by atoms with Crippen LogP contribution in [-0.4, -0.2) is 35.6 Å². The predicted molar refractivity (Wildman–Crippen MR) is 74.9 cm³/mol. The van der Waals surface area contributed by atoms with Crippen LogP contribution in [0.4, 0.5) is 0 Å².